The van der Waals surface area contributed by atoms with Crippen LogP contribution in [0.4, 0.5) is 0 Å². The summed E-state index contributed by atoms with van der Waals surface area (Å²) in [5.41, 5.74) is -0.433. The van der Waals surface area contributed by atoms with E-state index >= 15 is 0 Å². The minimum absolute atomic E-state index is 0.113. The third-order valence-corrected chi connectivity index (χ3v) is 1.85. The van der Waals surface area contributed by atoms with E-state index in [0.717, 1.165) is 6.29 Å². The second-order valence-corrected chi connectivity index (χ2v) is 3.08. The molecule has 1 atom stereocenters. The predicted molar refractivity (Wildman–Crippen MR) is 42.3 cm³/mol. The quantitative estimate of drug-likeness (QED) is 0.448. The summed E-state index contributed by atoms with van der Waals surface area (Å²) >= 11 is 0. The molecule has 3 heteroatoms. The van der Waals surface area contributed by atoms with Crippen LogP contribution < -0.4 is 0 Å². The van der Waals surface area contributed by atoms with Crippen LogP contribution >= 0.6 is 0 Å². The van der Waals surface area contributed by atoms with E-state index in [1.54, 1.807) is 7.11 Å². The molecule has 0 bridgehead atoms. The lowest BCUT2D eigenvalue weighted by Gasteiger charge is -2.27. The molecule has 0 fully saturated rings. The number of methoxy groups -OCH3 is 1. The minimum Gasteiger partial charge on any atom is -0.359 e. The molecule has 0 radical (unpaired) electrons. The summed E-state index contributed by atoms with van der Waals surface area (Å²) in [7, 11) is 1.56. The van der Waals surface area contributed by atoms with E-state index in [-0.39, 0.29) is 12.7 Å². The topological polar surface area (TPSA) is 35.5 Å². The molecule has 0 amide bonds. The van der Waals surface area contributed by atoms with Crippen molar-refractivity contribution in [2.75, 3.05) is 13.9 Å². The van der Waals surface area contributed by atoms with Crippen LogP contribution in [-0.2, 0) is 14.3 Å². The second-order valence-electron chi connectivity index (χ2n) is 3.08. The van der Waals surface area contributed by atoms with Crippen molar-refractivity contribution in [2.24, 2.45) is 5.92 Å². The van der Waals surface area contributed by atoms with Gasteiger partial charge in [0, 0.05) is 13.0 Å². The zero-order valence-electron chi connectivity index (χ0n) is 7.59. The highest BCUT2D eigenvalue weighted by atomic mass is 16.7. The second kappa shape index (κ2) is 4.46. The number of hydrogen-bond acceptors (Lipinski definition) is 3. The molecule has 0 spiro atoms. The predicted octanol–water partition coefficient (Wildman–Crippen LogP) is 1.22. The zero-order chi connectivity index (χ0) is 8.91. The van der Waals surface area contributed by atoms with Crippen LogP contribution in [0.2, 0.25) is 0 Å². The molecule has 3 nitrogen and oxygen atoms in total. The molecule has 0 aromatic rings. The molecule has 0 rings (SSSR count). The smallest absolute Gasteiger partial charge is 0.147 e. The Morgan fingerprint density at radius 1 is 1.55 bits per heavy atom. The van der Waals surface area contributed by atoms with Gasteiger partial charge in [-0.05, 0) is 13.8 Å². The van der Waals surface area contributed by atoms with Crippen molar-refractivity contribution in [1.82, 2.24) is 0 Å². The first-order valence-electron chi connectivity index (χ1n) is 3.62. The Kier molecular flexibility index (Phi) is 4.30. The van der Waals surface area contributed by atoms with Gasteiger partial charge in [-0.2, -0.15) is 0 Å². The molecule has 0 aliphatic heterocycles. The summed E-state index contributed by atoms with van der Waals surface area (Å²) in [4.78, 5) is 10.4. The van der Waals surface area contributed by atoms with Crippen LogP contribution in [0.5, 0.6) is 0 Å². The van der Waals surface area contributed by atoms with Gasteiger partial charge < -0.3 is 14.3 Å². The lowest BCUT2D eigenvalue weighted by atomic mass is 9.94. The summed E-state index contributed by atoms with van der Waals surface area (Å²) in [5, 5.41) is 0. The van der Waals surface area contributed by atoms with Gasteiger partial charge in [0.05, 0.1) is 5.60 Å². The molecular formula is C8H16O3. The maximum atomic E-state index is 10.4. The van der Waals surface area contributed by atoms with E-state index in [2.05, 4.69) is 0 Å². The third kappa shape index (κ3) is 3.49. The molecule has 11 heavy (non-hydrogen) atoms. The van der Waals surface area contributed by atoms with Crippen molar-refractivity contribution >= 4 is 6.29 Å². The average molecular weight is 160 g/mol. The first-order valence-corrected chi connectivity index (χ1v) is 3.62. The Hall–Kier alpha value is -0.410. The number of rotatable bonds is 5. The Morgan fingerprint density at radius 2 is 2.09 bits per heavy atom. The molecule has 0 heterocycles. The van der Waals surface area contributed by atoms with Crippen LogP contribution in [0.25, 0.3) is 0 Å². The number of hydrogen-bond donors (Lipinski definition) is 0. The van der Waals surface area contributed by atoms with Crippen LogP contribution in [0, 0.1) is 5.92 Å². The highest BCUT2D eigenvalue weighted by Gasteiger charge is 2.25. The highest BCUT2D eigenvalue weighted by Crippen LogP contribution is 2.18. The van der Waals surface area contributed by atoms with Gasteiger partial charge in [-0.3, -0.25) is 0 Å². The van der Waals surface area contributed by atoms with E-state index < -0.39 is 5.60 Å². The fourth-order valence-electron chi connectivity index (χ4n) is 0.506. The number of aldehydes is 1. The highest BCUT2D eigenvalue weighted by molar-refractivity contribution is 5.54. The standard InChI is InChI=1S/C8H16O3/c1-7(5-9)8(2,3)11-6-10-4/h5,7H,6H2,1-4H3/t7-/m0/s1. The van der Waals surface area contributed by atoms with Gasteiger partial charge >= 0.3 is 0 Å². The molecule has 0 saturated heterocycles. The largest absolute Gasteiger partial charge is 0.359 e. The van der Waals surface area contributed by atoms with Gasteiger partial charge in [0.1, 0.15) is 13.1 Å². The third-order valence-electron chi connectivity index (χ3n) is 1.85. The summed E-state index contributed by atoms with van der Waals surface area (Å²) in [6, 6.07) is 0. The van der Waals surface area contributed by atoms with Crippen molar-refractivity contribution in [3.63, 3.8) is 0 Å². The minimum atomic E-state index is -0.433. The van der Waals surface area contributed by atoms with E-state index in [9.17, 15) is 4.79 Å². The fourth-order valence-corrected chi connectivity index (χ4v) is 0.506. The summed E-state index contributed by atoms with van der Waals surface area (Å²) in [6.07, 6.45) is 0.885. The maximum Gasteiger partial charge on any atom is 0.147 e. The number of ether oxygens (including phenoxy) is 2. The molecule has 0 saturated carbocycles. The van der Waals surface area contributed by atoms with Crippen molar-refractivity contribution in [2.45, 2.75) is 26.4 Å². The van der Waals surface area contributed by atoms with Gasteiger partial charge in [-0.15, -0.1) is 0 Å². The molecule has 0 aromatic carbocycles. The normalized spacial score (nSPS) is 14.5. The fraction of sp³-hybridized carbons (Fsp3) is 0.875. The lowest BCUT2D eigenvalue weighted by Crippen LogP contribution is -2.34. The van der Waals surface area contributed by atoms with E-state index in [1.807, 2.05) is 20.8 Å². The summed E-state index contributed by atoms with van der Waals surface area (Å²) in [5.74, 6) is -0.113. The monoisotopic (exact) mass is 160 g/mol. The Bertz CT molecular complexity index is 121. The SMILES string of the molecule is COCOC(C)(C)[C@@H](C)C=O. The van der Waals surface area contributed by atoms with Crippen LogP contribution in [0.1, 0.15) is 20.8 Å². The van der Waals surface area contributed by atoms with Crippen molar-refractivity contribution in [3.05, 3.63) is 0 Å². The molecule has 0 aliphatic carbocycles. The Balaban J connectivity index is 3.87. The van der Waals surface area contributed by atoms with Crippen molar-refractivity contribution < 1.29 is 14.3 Å². The summed E-state index contributed by atoms with van der Waals surface area (Å²) in [6.45, 7) is 5.78. The average Bonchev–Trinajstić information content (AvgIpc) is 1.99. The first-order chi connectivity index (χ1) is 5.04. The van der Waals surface area contributed by atoms with Gasteiger partial charge in [-0.1, -0.05) is 6.92 Å². The Labute approximate surface area is 67.7 Å². The molecule has 66 valence electrons. The van der Waals surface area contributed by atoms with Crippen LogP contribution in [0.3, 0.4) is 0 Å². The van der Waals surface area contributed by atoms with Crippen LogP contribution in [-0.4, -0.2) is 25.8 Å². The van der Waals surface area contributed by atoms with E-state index in [1.165, 1.54) is 0 Å². The summed E-state index contributed by atoms with van der Waals surface area (Å²) < 4.78 is 10.0. The van der Waals surface area contributed by atoms with E-state index in [0.29, 0.717) is 0 Å². The maximum absolute atomic E-state index is 10.4. The Morgan fingerprint density at radius 3 is 2.45 bits per heavy atom. The molecule has 0 aliphatic rings. The first kappa shape index (κ1) is 10.6. The molecule has 0 N–H and O–H groups in total. The van der Waals surface area contributed by atoms with Gasteiger partial charge in [-0.25, -0.2) is 0 Å². The van der Waals surface area contributed by atoms with Gasteiger partial charge in [0.15, 0.2) is 0 Å². The number of carbonyl (C=O) groups excluding carboxylic acids is 1. The van der Waals surface area contributed by atoms with Crippen molar-refractivity contribution in [3.8, 4) is 0 Å². The van der Waals surface area contributed by atoms with Crippen LogP contribution in [0.15, 0.2) is 0 Å². The van der Waals surface area contributed by atoms with Crippen molar-refractivity contribution in [1.29, 1.82) is 0 Å². The number of carbonyl (C=O) groups is 1. The molecule has 0 unspecified atom stereocenters. The van der Waals surface area contributed by atoms with Gasteiger partial charge in [0.2, 0.25) is 0 Å². The van der Waals surface area contributed by atoms with E-state index in [4.69, 9.17) is 9.47 Å². The van der Waals surface area contributed by atoms with Gasteiger partial charge in [0.25, 0.3) is 0 Å². The molecule has 0 aromatic heterocycles. The zero-order valence-corrected chi connectivity index (χ0v) is 7.59. The molecular weight excluding hydrogens is 144 g/mol. The lowest BCUT2D eigenvalue weighted by molar-refractivity contribution is -0.144.